The van der Waals surface area contributed by atoms with Gasteiger partial charge >= 0.3 is 5.97 Å². The molecule has 6 N–H and O–H groups in total. The summed E-state index contributed by atoms with van der Waals surface area (Å²) in [5.74, 6) is -1.09. The van der Waals surface area contributed by atoms with Gasteiger partial charge in [-0.3, -0.25) is 4.79 Å². The molecule has 1 aliphatic heterocycles. The van der Waals surface area contributed by atoms with E-state index in [0.717, 1.165) is 18.4 Å². The first-order chi connectivity index (χ1) is 12.0. The predicted molar refractivity (Wildman–Crippen MR) is 91.3 cm³/mol. The minimum absolute atomic E-state index is 0.166. The molecule has 0 spiro atoms. The van der Waals surface area contributed by atoms with Crippen molar-refractivity contribution in [2.24, 2.45) is 5.73 Å². The highest BCUT2D eigenvalue weighted by Gasteiger charge is 2.22. The number of carboxylic acids is 1. The van der Waals surface area contributed by atoms with Crippen LogP contribution in [0.4, 0.5) is 0 Å². The molecule has 1 heterocycles. The summed E-state index contributed by atoms with van der Waals surface area (Å²) in [6.07, 6.45) is 1.45. The number of nitrogens with two attached hydrogens (primary N) is 1. The number of carbonyl (C=O) groups is 2. The number of rotatable bonds is 9. The van der Waals surface area contributed by atoms with Crippen molar-refractivity contribution in [1.82, 2.24) is 10.6 Å². The van der Waals surface area contributed by atoms with Crippen LogP contribution in [-0.4, -0.2) is 60.0 Å². The normalized spacial score (nSPS) is 20.9. The molecule has 1 fully saturated rings. The second-order valence-electron chi connectivity index (χ2n) is 6.17. The summed E-state index contributed by atoms with van der Waals surface area (Å²) in [4.78, 5) is 22.7. The lowest BCUT2D eigenvalue weighted by molar-refractivity contribution is -0.142. The predicted octanol–water partition coefficient (Wildman–Crippen LogP) is -0.751. The summed E-state index contributed by atoms with van der Waals surface area (Å²) in [5.41, 5.74) is 6.43. The van der Waals surface area contributed by atoms with Crippen LogP contribution >= 0.6 is 0 Å². The fourth-order valence-electron chi connectivity index (χ4n) is 2.77. The summed E-state index contributed by atoms with van der Waals surface area (Å²) in [6, 6.07) is 6.62. The van der Waals surface area contributed by atoms with E-state index in [9.17, 15) is 14.7 Å². The number of amides is 1. The lowest BCUT2D eigenvalue weighted by Crippen LogP contribution is -2.44. The van der Waals surface area contributed by atoms with E-state index in [4.69, 9.17) is 15.6 Å². The first-order valence-corrected chi connectivity index (χ1v) is 8.33. The van der Waals surface area contributed by atoms with Gasteiger partial charge in [0, 0.05) is 12.6 Å². The van der Waals surface area contributed by atoms with E-state index in [1.54, 1.807) is 12.1 Å². The topological polar surface area (TPSA) is 134 Å². The van der Waals surface area contributed by atoms with Crippen molar-refractivity contribution in [1.29, 1.82) is 0 Å². The number of hydrogen-bond acceptors (Lipinski definition) is 6. The molecule has 1 aromatic carbocycles. The minimum Gasteiger partial charge on any atom is -0.484 e. The van der Waals surface area contributed by atoms with Gasteiger partial charge in [-0.05, 0) is 43.5 Å². The van der Waals surface area contributed by atoms with Gasteiger partial charge in [-0.2, -0.15) is 0 Å². The van der Waals surface area contributed by atoms with Gasteiger partial charge in [-0.15, -0.1) is 0 Å². The Labute approximate surface area is 146 Å². The summed E-state index contributed by atoms with van der Waals surface area (Å²) in [5, 5.41) is 24.1. The van der Waals surface area contributed by atoms with E-state index in [1.165, 1.54) is 0 Å². The number of nitrogens with one attached hydrogen (secondary N) is 2. The summed E-state index contributed by atoms with van der Waals surface area (Å²) in [6.45, 7) is 0.541. The Morgan fingerprint density at radius 1 is 1.36 bits per heavy atom. The molecule has 1 aromatic rings. The SMILES string of the molecule is NCC[C@@H](NC(=O)COc1ccc(C[C@@H]2C[C@@H](O)CN2)cc1)C(=O)O. The molecule has 0 unspecified atom stereocenters. The molecular weight excluding hydrogens is 326 g/mol. The van der Waals surface area contributed by atoms with Crippen LogP contribution in [0.15, 0.2) is 24.3 Å². The van der Waals surface area contributed by atoms with Crippen molar-refractivity contribution in [3.05, 3.63) is 29.8 Å². The monoisotopic (exact) mass is 351 g/mol. The van der Waals surface area contributed by atoms with Crippen LogP contribution in [0, 0.1) is 0 Å². The Morgan fingerprint density at radius 3 is 2.64 bits per heavy atom. The molecule has 0 radical (unpaired) electrons. The first-order valence-electron chi connectivity index (χ1n) is 8.33. The van der Waals surface area contributed by atoms with Crippen molar-refractivity contribution in [2.45, 2.75) is 37.5 Å². The van der Waals surface area contributed by atoms with E-state index < -0.39 is 17.9 Å². The molecule has 8 nitrogen and oxygen atoms in total. The zero-order valence-corrected chi connectivity index (χ0v) is 14.0. The van der Waals surface area contributed by atoms with Gasteiger partial charge in [0.15, 0.2) is 6.61 Å². The van der Waals surface area contributed by atoms with Crippen molar-refractivity contribution < 1.29 is 24.5 Å². The van der Waals surface area contributed by atoms with Crippen LogP contribution in [-0.2, 0) is 16.0 Å². The maximum atomic E-state index is 11.8. The number of β-amino-alcohol motifs (C(OH)–C–C–N with tert-alkyl or cyclic N) is 1. The van der Waals surface area contributed by atoms with Crippen molar-refractivity contribution in [3.63, 3.8) is 0 Å². The van der Waals surface area contributed by atoms with Gasteiger partial charge in [0.1, 0.15) is 11.8 Å². The molecule has 0 aliphatic carbocycles. The largest absolute Gasteiger partial charge is 0.484 e. The quantitative estimate of drug-likeness (QED) is 0.395. The van der Waals surface area contributed by atoms with Crippen LogP contribution in [0.5, 0.6) is 5.75 Å². The van der Waals surface area contributed by atoms with Gasteiger partial charge in [0.2, 0.25) is 0 Å². The second-order valence-corrected chi connectivity index (χ2v) is 6.17. The molecule has 2 rings (SSSR count). The Morgan fingerprint density at radius 2 is 2.08 bits per heavy atom. The maximum absolute atomic E-state index is 11.8. The smallest absolute Gasteiger partial charge is 0.326 e. The highest BCUT2D eigenvalue weighted by molar-refractivity contribution is 5.84. The molecule has 0 aromatic heterocycles. The van der Waals surface area contributed by atoms with Crippen molar-refractivity contribution in [2.75, 3.05) is 19.7 Å². The van der Waals surface area contributed by atoms with Crippen LogP contribution in [0.3, 0.4) is 0 Å². The Balaban J connectivity index is 1.77. The third-order valence-corrected chi connectivity index (χ3v) is 4.06. The lowest BCUT2D eigenvalue weighted by atomic mass is 10.0. The Hall–Kier alpha value is -2.16. The summed E-state index contributed by atoms with van der Waals surface area (Å²) < 4.78 is 5.38. The van der Waals surface area contributed by atoms with Gasteiger partial charge in [0.25, 0.3) is 5.91 Å². The fourth-order valence-corrected chi connectivity index (χ4v) is 2.77. The molecule has 1 saturated heterocycles. The number of aliphatic hydroxyl groups is 1. The number of aliphatic carboxylic acids is 1. The molecular formula is C17H25N3O5. The third kappa shape index (κ3) is 6.33. The number of benzene rings is 1. The molecule has 138 valence electrons. The van der Waals surface area contributed by atoms with Gasteiger partial charge in [-0.1, -0.05) is 12.1 Å². The zero-order chi connectivity index (χ0) is 18.2. The Kier molecular flexibility index (Phi) is 7.17. The van der Waals surface area contributed by atoms with Gasteiger partial charge in [-0.25, -0.2) is 4.79 Å². The molecule has 25 heavy (non-hydrogen) atoms. The van der Waals surface area contributed by atoms with E-state index in [2.05, 4.69) is 10.6 Å². The molecule has 1 aliphatic rings. The average molecular weight is 351 g/mol. The fraction of sp³-hybridized carbons (Fsp3) is 0.529. The highest BCUT2D eigenvalue weighted by Crippen LogP contribution is 2.16. The van der Waals surface area contributed by atoms with E-state index in [-0.39, 0.29) is 31.7 Å². The van der Waals surface area contributed by atoms with E-state index in [1.807, 2.05) is 12.1 Å². The second kappa shape index (κ2) is 9.36. The van der Waals surface area contributed by atoms with Crippen molar-refractivity contribution >= 4 is 11.9 Å². The zero-order valence-electron chi connectivity index (χ0n) is 14.0. The molecule has 0 saturated carbocycles. The van der Waals surface area contributed by atoms with Gasteiger partial charge < -0.3 is 31.3 Å². The molecule has 1 amide bonds. The molecule has 0 bridgehead atoms. The van der Waals surface area contributed by atoms with Crippen LogP contribution in [0.2, 0.25) is 0 Å². The van der Waals surface area contributed by atoms with E-state index >= 15 is 0 Å². The van der Waals surface area contributed by atoms with Crippen LogP contribution < -0.4 is 21.1 Å². The highest BCUT2D eigenvalue weighted by atomic mass is 16.5. The number of aliphatic hydroxyl groups excluding tert-OH is 1. The number of ether oxygens (including phenoxy) is 1. The summed E-state index contributed by atoms with van der Waals surface area (Å²) >= 11 is 0. The molecule has 3 atom stereocenters. The maximum Gasteiger partial charge on any atom is 0.326 e. The summed E-state index contributed by atoms with van der Waals surface area (Å²) in [7, 11) is 0. The number of carbonyl (C=O) groups excluding carboxylic acids is 1. The van der Waals surface area contributed by atoms with Crippen LogP contribution in [0.25, 0.3) is 0 Å². The number of hydrogen-bond donors (Lipinski definition) is 5. The first kappa shape index (κ1) is 19.2. The minimum atomic E-state index is -1.12. The van der Waals surface area contributed by atoms with Crippen molar-refractivity contribution in [3.8, 4) is 5.75 Å². The third-order valence-electron chi connectivity index (χ3n) is 4.06. The Bertz CT molecular complexity index is 578. The molecule has 8 heteroatoms. The van der Waals surface area contributed by atoms with E-state index in [0.29, 0.717) is 12.3 Å². The average Bonchev–Trinajstić information content (AvgIpc) is 2.98. The van der Waals surface area contributed by atoms with Crippen LogP contribution in [0.1, 0.15) is 18.4 Å². The number of carboxylic acid groups (broad SMARTS) is 1. The van der Waals surface area contributed by atoms with Gasteiger partial charge in [0.05, 0.1) is 6.10 Å². The lowest BCUT2D eigenvalue weighted by Gasteiger charge is -2.14. The standard InChI is InChI=1S/C17H25N3O5/c18-6-5-15(17(23)24)20-16(22)10-25-14-3-1-11(2-4-14)7-12-8-13(21)9-19-12/h1-4,12-13,15,19,21H,5-10,18H2,(H,20,22)(H,23,24)/t12-,13-,15-/m1/s1.